The third-order valence-corrected chi connectivity index (χ3v) is 4.72. The van der Waals surface area contributed by atoms with Crippen molar-refractivity contribution in [1.82, 2.24) is 13.6 Å². The summed E-state index contributed by atoms with van der Waals surface area (Å²) in [5, 5.41) is 8.61. The van der Waals surface area contributed by atoms with Crippen molar-refractivity contribution in [3.8, 4) is 0 Å². The second kappa shape index (κ2) is 8.69. The third kappa shape index (κ3) is 5.46. The van der Waals surface area contributed by atoms with Gasteiger partial charge in [0.1, 0.15) is 0 Å². The molecule has 0 aliphatic rings. The van der Waals surface area contributed by atoms with E-state index in [1.54, 1.807) is 0 Å². The first kappa shape index (κ1) is 17.5. The smallest absolute Gasteiger partial charge is 0.328 e. The van der Waals surface area contributed by atoms with Gasteiger partial charge in [-0.15, -0.1) is 11.3 Å². The van der Waals surface area contributed by atoms with E-state index in [0.29, 0.717) is 16.8 Å². The average molecular weight is 372 g/mol. The molecule has 0 spiro atoms. The molecule has 1 atom stereocenters. The van der Waals surface area contributed by atoms with Crippen LogP contribution in [0.4, 0.5) is 0 Å². The van der Waals surface area contributed by atoms with Crippen LogP contribution in [0.1, 0.15) is 19.3 Å². The molecular formula is C8H9N3O4S5. The largest absolute Gasteiger partial charge is 0.480 e. The Bertz CT molecular complexity index is 508. The van der Waals surface area contributed by atoms with E-state index >= 15 is 0 Å². The second-order valence-electron chi connectivity index (χ2n) is 3.03. The number of aliphatic carboxylic acids is 1. The van der Waals surface area contributed by atoms with Crippen molar-refractivity contribution in [2.24, 2.45) is 0 Å². The molecule has 110 valence electrons. The predicted octanol–water partition coefficient (Wildman–Crippen LogP) is 1.19. The summed E-state index contributed by atoms with van der Waals surface area (Å²) in [5.74, 6) is -2.01. The molecule has 20 heavy (non-hydrogen) atoms. The van der Waals surface area contributed by atoms with Gasteiger partial charge in [0.25, 0.3) is 11.8 Å². The zero-order valence-corrected chi connectivity index (χ0v) is 13.8. The van der Waals surface area contributed by atoms with Crippen LogP contribution in [0.5, 0.6) is 0 Å². The van der Waals surface area contributed by atoms with Crippen LogP contribution in [-0.4, -0.2) is 27.5 Å². The Morgan fingerprint density at radius 3 is 2.25 bits per heavy atom. The molecule has 1 rings (SSSR count). The SMILES string of the molecule is O=C(NSNS)c1ccc(C(=O)NSC(S)C(=O)O)s1. The van der Waals surface area contributed by atoms with Gasteiger partial charge in [0.05, 0.1) is 9.75 Å². The van der Waals surface area contributed by atoms with Gasteiger partial charge < -0.3 is 5.11 Å². The first-order valence-electron chi connectivity index (χ1n) is 4.77. The van der Waals surface area contributed by atoms with Crippen LogP contribution in [0, 0.1) is 0 Å². The highest BCUT2D eigenvalue weighted by molar-refractivity contribution is 8.10. The van der Waals surface area contributed by atoms with Gasteiger partial charge in [-0.1, -0.05) is 12.8 Å². The van der Waals surface area contributed by atoms with Crippen LogP contribution in [0.25, 0.3) is 0 Å². The maximum Gasteiger partial charge on any atom is 0.328 e. The van der Waals surface area contributed by atoms with Gasteiger partial charge in [-0.2, -0.15) is 16.8 Å². The average Bonchev–Trinajstić information content (AvgIpc) is 2.91. The summed E-state index contributed by atoms with van der Waals surface area (Å²) in [5.41, 5.74) is 0. The fourth-order valence-corrected chi connectivity index (χ4v) is 2.81. The van der Waals surface area contributed by atoms with Crippen LogP contribution in [-0.2, 0) is 4.79 Å². The number of carboxylic acid groups (broad SMARTS) is 1. The van der Waals surface area contributed by atoms with Crippen LogP contribution in [0.2, 0.25) is 0 Å². The van der Waals surface area contributed by atoms with E-state index in [4.69, 9.17) is 5.11 Å². The summed E-state index contributed by atoms with van der Waals surface area (Å²) >= 11 is 9.98. The Morgan fingerprint density at radius 2 is 1.75 bits per heavy atom. The molecule has 2 amide bonds. The van der Waals surface area contributed by atoms with Crippen molar-refractivity contribution in [3.63, 3.8) is 0 Å². The van der Waals surface area contributed by atoms with Crippen molar-refractivity contribution in [1.29, 1.82) is 0 Å². The fourth-order valence-electron chi connectivity index (χ4n) is 0.911. The number of rotatable bonds is 7. The van der Waals surface area contributed by atoms with Crippen LogP contribution in [0.15, 0.2) is 12.1 Å². The van der Waals surface area contributed by atoms with Gasteiger partial charge in [-0.3, -0.25) is 23.8 Å². The standard InChI is InChI=1S/C8H9N3O4S5/c12-5(9-19-8(16)7(14)15)3-1-2-4(18-3)6(13)10-20-11-17/h1-2,8,11,16-17H,(H,9,12)(H,10,13)(H,14,15). The minimum atomic E-state index is -1.15. The Morgan fingerprint density at radius 1 is 1.20 bits per heavy atom. The number of amides is 2. The first-order chi connectivity index (χ1) is 9.45. The highest BCUT2D eigenvalue weighted by Gasteiger charge is 2.17. The van der Waals surface area contributed by atoms with E-state index in [1.807, 2.05) is 0 Å². The number of hydrogen-bond donors (Lipinski definition) is 6. The van der Waals surface area contributed by atoms with E-state index in [2.05, 4.69) is 39.0 Å². The van der Waals surface area contributed by atoms with E-state index in [1.165, 1.54) is 12.1 Å². The normalized spacial score (nSPS) is 11.7. The third-order valence-electron chi connectivity index (χ3n) is 1.72. The molecule has 0 bridgehead atoms. The molecule has 0 saturated carbocycles. The van der Waals surface area contributed by atoms with Crippen molar-refractivity contribution < 1.29 is 19.5 Å². The molecular weight excluding hydrogens is 362 g/mol. The zero-order chi connectivity index (χ0) is 15.1. The molecule has 1 unspecified atom stereocenters. The van der Waals surface area contributed by atoms with E-state index < -0.39 is 16.5 Å². The van der Waals surface area contributed by atoms with Gasteiger partial charge in [0.15, 0.2) is 4.58 Å². The predicted molar refractivity (Wildman–Crippen MR) is 87.0 cm³/mol. The molecule has 0 saturated heterocycles. The van der Waals surface area contributed by atoms with Gasteiger partial charge in [0.2, 0.25) is 0 Å². The fraction of sp³-hybridized carbons (Fsp3) is 0.125. The molecule has 0 radical (unpaired) electrons. The molecule has 1 aromatic rings. The van der Waals surface area contributed by atoms with Gasteiger partial charge in [-0.05, 0) is 24.1 Å². The quantitative estimate of drug-likeness (QED) is 0.243. The number of thiophene rings is 1. The van der Waals surface area contributed by atoms with Crippen molar-refractivity contribution >= 4 is 78.6 Å². The minimum absolute atomic E-state index is 0.289. The lowest BCUT2D eigenvalue weighted by Crippen LogP contribution is -2.21. The number of carbonyl (C=O) groups is 3. The van der Waals surface area contributed by atoms with Crippen LogP contribution in [0.3, 0.4) is 0 Å². The molecule has 0 aromatic carbocycles. The number of nitrogens with one attached hydrogen (secondary N) is 3. The molecule has 1 aromatic heterocycles. The van der Waals surface area contributed by atoms with Gasteiger partial charge >= 0.3 is 5.97 Å². The first-order valence-corrected chi connectivity index (χ1v) is 8.25. The lowest BCUT2D eigenvalue weighted by Gasteiger charge is -2.05. The molecule has 1 heterocycles. The molecule has 0 aliphatic carbocycles. The molecule has 12 heteroatoms. The number of carboxylic acids is 1. The van der Waals surface area contributed by atoms with Crippen molar-refractivity contribution in [3.05, 3.63) is 21.9 Å². The van der Waals surface area contributed by atoms with Gasteiger partial charge in [-0.25, -0.2) is 0 Å². The van der Waals surface area contributed by atoms with E-state index in [0.717, 1.165) is 23.5 Å². The lowest BCUT2D eigenvalue weighted by molar-refractivity contribution is -0.134. The summed E-state index contributed by atoms with van der Waals surface area (Å²) in [6.45, 7) is 0. The summed E-state index contributed by atoms with van der Waals surface area (Å²) in [4.78, 5) is 34.4. The molecule has 7 nitrogen and oxygen atoms in total. The maximum absolute atomic E-state index is 11.7. The number of hydrogen-bond acceptors (Lipinski definition) is 9. The molecule has 0 fully saturated rings. The van der Waals surface area contributed by atoms with E-state index in [9.17, 15) is 14.4 Å². The summed E-state index contributed by atoms with van der Waals surface area (Å²) < 4.78 is 6.11. The highest BCUT2D eigenvalue weighted by Crippen LogP contribution is 2.19. The van der Waals surface area contributed by atoms with Crippen LogP contribution < -0.4 is 13.6 Å². The summed E-state index contributed by atoms with van der Waals surface area (Å²) in [6.07, 6.45) is 0. The molecule has 0 aliphatic heterocycles. The zero-order valence-electron chi connectivity index (χ0n) is 9.52. The van der Waals surface area contributed by atoms with Crippen molar-refractivity contribution in [2.75, 3.05) is 0 Å². The Labute approximate surface area is 138 Å². The van der Waals surface area contributed by atoms with Crippen molar-refractivity contribution in [2.45, 2.75) is 4.58 Å². The Kier molecular flexibility index (Phi) is 7.61. The second-order valence-corrected chi connectivity index (χ2v) is 7.03. The number of thiol groups is 2. The number of carbonyl (C=O) groups excluding carboxylic acids is 2. The summed E-state index contributed by atoms with van der Waals surface area (Å²) in [7, 11) is 0. The van der Waals surface area contributed by atoms with Crippen LogP contribution >= 0.6 is 60.9 Å². The minimum Gasteiger partial charge on any atom is -0.480 e. The Hall–Kier alpha value is -0.530. The van der Waals surface area contributed by atoms with Gasteiger partial charge in [0, 0.05) is 12.1 Å². The molecule has 4 N–H and O–H groups in total. The summed E-state index contributed by atoms with van der Waals surface area (Å²) in [6, 6.07) is 2.97. The maximum atomic E-state index is 11.7. The van der Waals surface area contributed by atoms with E-state index in [-0.39, 0.29) is 10.8 Å². The topological polar surface area (TPSA) is 108 Å². The lowest BCUT2D eigenvalue weighted by atomic mass is 10.4. The highest BCUT2D eigenvalue weighted by atomic mass is 32.2. The monoisotopic (exact) mass is 371 g/mol. The Balaban J connectivity index is 2.56.